The van der Waals surface area contributed by atoms with E-state index < -0.39 is 0 Å². The average Bonchev–Trinajstić information content (AvgIpc) is 3.03. The van der Waals surface area contributed by atoms with Crippen molar-refractivity contribution in [1.29, 1.82) is 0 Å². The van der Waals surface area contributed by atoms with Gasteiger partial charge in [0.05, 0.1) is 6.04 Å². The topological polar surface area (TPSA) is 46.3 Å². The van der Waals surface area contributed by atoms with Gasteiger partial charge in [0.1, 0.15) is 11.3 Å². The van der Waals surface area contributed by atoms with Gasteiger partial charge in [-0.2, -0.15) is 0 Å². The Balaban J connectivity index is 1.74. The van der Waals surface area contributed by atoms with Gasteiger partial charge in [0.2, 0.25) is 5.91 Å². The highest BCUT2D eigenvalue weighted by molar-refractivity contribution is 5.91. The lowest BCUT2D eigenvalue weighted by Crippen LogP contribution is -2.27. The van der Waals surface area contributed by atoms with Gasteiger partial charge in [0.15, 0.2) is 0 Å². The molecule has 0 bridgehead atoms. The van der Waals surface area contributed by atoms with Crippen LogP contribution in [0.25, 0.3) is 17.0 Å². The van der Waals surface area contributed by atoms with Gasteiger partial charge < -0.3 is 9.32 Å². The number of likely N-dealkylation sites (N-methyl/N-ethyl adjacent to an activating group) is 1. The first-order valence-corrected chi connectivity index (χ1v) is 7.48. The van der Waals surface area contributed by atoms with Crippen molar-refractivity contribution in [1.82, 2.24) is 9.88 Å². The quantitative estimate of drug-likeness (QED) is 0.683. The third-order valence-corrected chi connectivity index (χ3v) is 3.89. The Morgan fingerprint density at radius 1 is 1.26 bits per heavy atom. The largest absolute Gasteiger partial charge is 0.459 e. The number of nitrogens with zero attached hydrogens (tertiary/aromatic N) is 2. The standard InChI is InChI=1S/C19H18N2O2/c1-14(18-12-16-7-3-4-8-17(16)23-18)21(2)19(22)10-9-15-6-5-11-20-13-15/h3-14H,1-2H3/b10-9+. The molecule has 0 saturated heterocycles. The summed E-state index contributed by atoms with van der Waals surface area (Å²) in [7, 11) is 1.77. The van der Waals surface area contributed by atoms with E-state index in [4.69, 9.17) is 4.42 Å². The summed E-state index contributed by atoms with van der Waals surface area (Å²) in [6.45, 7) is 1.95. The van der Waals surface area contributed by atoms with E-state index >= 15 is 0 Å². The smallest absolute Gasteiger partial charge is 0.246 e. The fourth-order valence-electron chi connectivity index (χ4n) is 2.35. The summed E-state index contributed by atoms with van der Waals surface area (Å²) in [6, 6.07) is 13.4. The van der Waals surface area contributed by atoms with Crippen LogP contribution in [-0.4, -0.2) is 22.8 Å². The molecule has 116 valence electrons. The molecule has 0 saturated carbocycles. The van der Waals surface area contributed by atoms with E-state index in [2.05, 4.69) is 4.98 Å². The number of hydrogen-bond donors (Lipinski definition) is 0. The molecule has 0 aliphatic carbocycles. The minimum Gasteiger partial charge on any atom is -0.459 e. The average molecular weight is 306 g/mol. The highest BCUT2D eigenvalue weighted by Crippen LogP contribution is 2.26. The minimum atomic E-state index is -0.145. The molecule has 2 aromatic heterocycles. The van der Waals surface area contributed by atoms with Crippen LogP contribution in [0.1, 0.15) is 24.3 Å². The maximum Gasteiger partial charge on any atom is 0.246 e. The first-order valence-electron chi connectivity index (χ1n) is 7.48. The Morgan fingerprint density at radius 3 is 2.83 bits per heavy atom. The van der Waals surface area contributed by atoms with Crippen molar-refractivity contribution in [3.8, 4) is 0 Å². The van der Waals surface area contributed by atoms with Crippen LogP contribution in [0.3, 0.4) is 0 Å². The van der Waals surface area contributed by atoms with Gasteiger partial charge >= 0.3 is 0 Å². The van der Waals surface area contributed by atoms with Gasteiger partial charge in [-0.1, -0.05) is 24.3 Å². The van der Waals surface area contributed by atoms with Crippen molar-refractivity contribution in [3.05, 3.63) is 72.3 Å². The van der Waals surface area contributed by atoms with Crippen LogP contribution >= 0.6 is 0 Å². The van der Waals surface area contributed by atoms with Crippen molar-refractivity contribution in [3.63, 3.8) is 0 Å². The van der Waals surface area contributed by atoms with Gasteiger partial charge in [-0.3, -0.25) is 9.78 Å². The van der Waals surface area contributed by atoms with Gasteiger partial charge in [-0.25, -0.2) is 0 Å². The van der Waals surface area contributed by atoms with E-state index in [-0.39, 0.29) is 11.9 Å². The molecule has 1 aromatic carbocycles. The lowest BCUT2D eigenvalue weighted by molar-refractivity contribution is -0.126. The molecule has 0 spiro atoms. The maximum absolute atomic E-state index is 12.3. The number of rotatable bonds is 4. The second-order valence-corrected chi connectivity index (χ2v) is 5.43. The molecule has 0 radical (unpaired) electrons. The van der Waals surface area contributed by atoms with Crippen LogP contribution in [0.15, 0.2) is 65.4 Å². The normalized spacial score (nSPS) is 12.6. The van der Waals surface area contributed by atoms with Crippen molar-refractivity contribution >= 4 is 23.0 Å². The zero-order chi connectivity index (χ0) is 16.2. The summed E-state index contributed by atoms with van der Waals surface area (Å²) < 4.78 is 5.84. The molecule has 1 unspecified atom stereocenters. The van der Waals surface area contributed by atoms with Crippen LogP contribution in [0, 0.1) is 0 Å². The van der Waals surface area contributed by atoms with Crippen LogP contribution < -0.4 is 0 Å². The van der Waals surface area contributed by atoms with E-state index in [1.54, 1.807) is 36.5 Å². The fourth-order valence-corrected chi connectivity index (χ4v) is 2.35. The number of amides is 1. The number of aromatic nitrogens is 1. The molecule has 0 N–H and O–H groups in total. The highest BCUT2D eigenvalue weighted by Gasteiger charge is 2.19. The first kappa shape index (κ1) is 15.0. The van der Waals surface area contributed by atoms with Crippen molar-refractivity contribution in [2.45, 2.75) is 13.0 Å². The number of para-hydroxylation sites is 1. The Labute approximate surface area is 135 Å². The molecule has 2 heterocycles. The molecular weight excluding hydrogens is 288 g/mol. The molecular formula is C19H18N2O2. The number of furan rings is 1. The number of carbonyl (C=O) groups is 1. The van der Waals surface area contributed by atoms with Crippen LogP contribution in [0.2, 0.25) is 0 Å². The van der Waals surface area contributed by atoms with E-state index in [1.807, 2.05) is 49.4 Å². The molecule has 3 rings (SSSR count). The van der Waals surface area contributed by atoms with E-state index in [0.29, 0.717) is 0 Å². The van der Waals surface area contributed by atoms with Crippen LogP contribution in [0.4, 0.5) is 0 Å². The summed E-state index contributed by atoms with van der Waals surface area (Å²) in [5, 5.41) is 1.04. The predicted octanol–water partition coefficient (Wildman–Crippen LogP) is 4.06. The van der Waals surface area contributed by atoms with Crippen molar-refractivity contribution < 1.29 is 9.21 Å². The maximum atomic E-state index is 12.3. The molecule has 0 fully saturated rings. The molecule has 4 heteroatoms. The molecule has 0 aliphatic heterocycles. The van der Waals surface area contributed by atoms with Crippen LogP contribution in [-0.2, 0) is 4.79 Å². The Hall–Kier alpha value is -2.88. The summed E-state index contributed by atoms with van der Waals surface area (Å²) in [6.07, 6.45) is 6.73. The van der Waals surface area contributed by atoms with Crippen LogP contribution in [0.5, 0.6) is 0 Å². The summed E-state index contributed by atoms with van der Waals surface area (Å²) in [4.78, 5) is 18.0. The second kappa shape index (κ2) is 6.48. The lowest BCUT2D eigenvalue weighted by Gasteiger charge is -2.21. The number of benzene rings is 1. The fraction of sp³-hybridized carbons (Fsp3) is 0.158. The lowest BCUT2D eigenvalue weighted by atomic mass is 10.2. The van der Waals surface area contributed by atoms with E-state index in [9.17, 15) is 4.79 Å². The van der Waals surface area contributed by atoms with Gasteiger partial charge in [0.25, 0.3) is 0 Å². The molecule has 1 atom stereocenters. The van der Waals surface area contributed by atoms with Gasteiger partial charge in [-0.05, 0) is 36.8 Å². The highest BCUT2D eigenvalue weighted by atomic mass is 16.3. The first-order chi connectivity index (χ1) is 11.1. The Bertz CT molecular complexity index is 804. The summed E-state index contributed by atoms with van der Waals surface area (Å²) >= 11 is 0. The van der Waals surface area contributed by atoms with Gasteiger partial charge in [0, 0.05) is 30.9 Å². The minimum absolute atomic E-state index is 0.0817. The summed E-state index contributed by atoms with van der Waals surface area (Å²) in [5.74, 6) is 0.693. The third kappa shape index (κ3) is 3.31. The Kier molecular flexibility index (Phi) is 4.24. The summed E-state index contributed by atoms with van der Waals surface area (Å²) in [5.41, 5.74) is 1.73. The Morgan fingerprint density at radius 2 is 2.09 bits per heavy atom. The molecule has 3 aromatic rings. The van der Waals surface area contributed by atoms with Crippen molar-refractivity contribution in [2.24, 2.45) is 0 Å². The molecule has 4 nitrogen and oxygen atoms in total. The third-order valence-electron chi connectivity index (χ3n) is 3.89. The predicted molar refractivity (Wildman–Crippen MR) is 90.7 cm³/mol. The monoisotopic (exact) mass is 306 g/mol. The zero-order valence-corrected chi connectivity index (χ0v) is 13.1. The zero-order valence-electron chi connectivity index (χ0n) is 13.1. The number of hydrogen-bond acceptors (Lipinski definition) is 3. The van der Waals surface area contributed by atoms with E-state index in [1.165, 1.54) is 0 Å². The SMILES string of the molecule is CC(c1cc2ccccc2o1)N(C)C(=O)/C=C/c1cccnc1. The van der Waals surface area contributed by atoms with E-state index in [0.717, 1.165) is 22.3 Å². The molecule has 1 amide bonds. The second-order valence-electron chi connectivity index (χ2n) is 5.43. The number of pyridine rings is 1. The number of carbonyl (C=O) groups excluding carboxylic acids is 1. The van der Waals surface area contributed by atoms with Crippen molar-refractivity contribution in [2.75, 3.05) is 7.05 Å². The molecule has 0 aliphatic rings. The van der Waals surface area contributed by atoms with Gasteiger partial charge in [-0.15, -0.1) is 0 Å². The number of fused-ring (bicyclic) bond motifs is 1. The molecule has 23 heavy (non-hydrogen) atoms.